The average Bonchev–Trinajstić information content (AvgIpc) is 3.61. The van der Waals surface area contributed by atoms with Crippen molar-refractivity contribution in [2.45, 2.75) is 30.6 Å². The van der Waals surface area contributed by atoms with Crippen LogP contribution in [0.1, 0.15) is 43.1 Å². The zero-order valence-electron chi connectivity index (χ0n) is 20.0. The Bertz CT molecular complexity index is 1510. The average molecular weight is 541 g/mol. The second-order valence-electron chi connectivity index (χ2n) is 8.66. The first-order valence-electron chi connectivity index (χ1n) is 11.7. The van der Waals surface area contributed by atoms with E-state index in [1.807, 2.05) is 12.1 Å². The Balaban J connectivity index is 1.26. The third kappa shape index (κ3) is 4.72. The SMILES string of the molecule is COC(=O)c1c(NC(=O)COC(=O)c2cccc(S(=O)(=O)N3CCc4ccccc43)c2)sc2c1CCC2. The minimum atomic E-state index is -3.89. The molecular formula is C26H24N2O7S2. The van der Waals surface area contributed by atoms with E-state index < -0.39 is 34.5 Å². The number of esters is 2. The van der Waals surface area contributed by atoms with Gasteiger partial charge in [0.1, 0.15) is 5.00 Å². The number of para-hydroxylation sites is 1. The molecule has 0 bridgehead atoms. The minimum absolute atomic E-state index is 0.00621. The molecule has 192 valence electrons. The lowest BCUT2D eigenvalue weighted by atomic mass is 10.1. The first-order chi connectivity index (χ1) is 17.8. The van der Waals surface area contributed by atoms with E-state index in [0.717, 1.165) is 35.3 Å². The number of anilines is 2. The first-order valence-corrected chi connectivity index (χ1v) is 14.0. The number of nitrogens with one attached hydrogen (secondary N) is 1. The topological polar surface area (TPSA) is 119 Å². The van der Waals surface area contributed by atoms with E-state index in [4.69, 9.17) is 9.47 Å². The maximum absolute atomic E-state index is 13.3. The largest absolute Gasteiger partial charge is 0.465 e. The number of amides is 1. The molecule has 0 fully saturated rings. The van der Waals surface area contributed by atoms with Gasteiger partial charge >= 0.3 is 11.9 Å². The van der Waals surface area contributed by atoms with Gasteiger partial charge in [0.25, 0.3) is 15.9 Å². The fourth-order valence-corrected chi connectivity index (χ4v) is 7.50. The summed E-state index contributed by atoms with van der Waals surface area (Å²) >= 11 is 1.32. The molecule has 1 N–H and O–H groups in total. The molecule has 0 radical (unpaired) electrons. The highest BCUT2D eigenvalue weighted by atomic mass is 32.2. The zero-order chi connectivity index (χ0) is 26.2. The molecule has 1 aliphatic heterocycles. The van der Waals surface area contributed by atoms with Crippen molar-refractivity contribution in [1.29, 1.82) is 0 Å². The van der Waals surface area contributed by atoms with Crippen molar-refractivity contribution in [2.24, 2.45) is 0 Å². The number of rotatable bonds is 7. The molecule has 2 heterocycles. The van der Waals surface area contributed by atoms with Gasteiger partial charge in [-0.1, -0.05) is 24.3 Å². The molecule has 0 unspecified atom stereocenters. The number of thiophene rings is 1. The van der Waals surface area contributed by atoms with Gasteiger partial charge in [0, 0.05) is 11.4 Å². The predicted molar refractivity (Wildman–Crippen MR) is 138 cm³/mol. The van der Waals surface area contributed by atoms with E-state index in [1.165, 1.54) is 47.0 Å². The van der Waals surface area contributed by atoms with Crippen LogP contribution in [0.3, 0.4) is 0 Å². The Hall–Kier alpha value is -3.70. The number of benzene rings is 2. The van der Waals surface area contributed by atoms with Crippen molar-refractivity contribution >= 4 is 49.9 Å². The van der Waals surface area contributed by atoms with Gasteiger partial charge in [0.15, 0.2) is 6.61 Å². The standard InChI is InChI=1S/C26H24N2O7S2/c1-34-26(31)23-19-9-5-11-21(19)36-24(23)27-22(29)15-35-25(30)17-7-4-8-18(14-17)37(32,33)28-13-12-16-6-2-3-10-20(16)28/h2-4,6-8,10,14H,5,9,11-13,15H2,1H3,(H,27,29). The second-order valence-corrected chi connectivity index (χ2v) is 11.6. The van der Waals surface area contributed by atoms with Gasteiger partial charge in [-0.25, -0.2) is 18.0 Å². The van der Waals surface area contributed by atoms with Crippen LogP contribution in [0.4, 0.5) is 10.7 Å². The lowest BCUT2D eigenvalue weighted by Gasteiger charge is -2.19. The van der Waals surface area contributed by atoms with Gasteiger partial charge in [-0.05, 0) is 61.1 Å². The normalized spacial score (nSPS) is 14.1. The highest BCUT2D eigenvalue weighted by molar-refractivity contribution is 7.92. The summed E-state index contributed by atoms with van der Waals surface area (Å²) in [6.45, 7) is -0.283. The second kappa shape index (κ2) is 9.98. The van der Waals surface area contributed by atoms with Gasteiger partial charge in [-0.2, -0.15) is 0 Å². The number of methoxy groups -OCH3 is 1. The van der Waals surface area contributed by atoms with Crippen LogP contribution >= 0.6 is 11.3 Å². The number of fused-ring (bicyclic) bond motifs is 2. The molecule has 0 spiro atoms. The van der Waals surface area contributed by atoms with E-state index in [-0.39, 0.29) is 10.5 Å². The number of ether oxygens (including phenoxy) is 2. The van der Waals surface area contributed by atoms with Crippen molar-refractivity contribution in [2.75, 3.05) is 29.9 Å². The first kappa shape index (κ1) is 25.0. The van der Waals surface area contributed by atoms with E-state index in [0.29, 0.717) is 29.2 Å². The summed E-state index contributed by atoms with van der Waals surface area (Å²) in [5.41, 5.74) is 2.81. The van der Waals surface area contributed by atoms with Gasteiger partial charge in [0.05, 0.1) is 28.8 Å². The van der Waals surface area contributed by atoms with Gasteiger partial charge < -0.3 is 14.8 Å². The van der Waals surface area contributed by atoms with Gasteiger partial charge in [-0.3, -0.25) is 9.10 Å². The molecule has 5 rings (SSSR count). The molecule has 1 amide bonds. The lowest BCUT2D eigenvalue weighted by molar-refractivity contribution is -0.119. The van der Waals surface area contributed by atoms with Crippen molar-refractivity contribution in [3.05, 3.63) is 75.7 Å². The van der Waals surface area contributed by atoms with Crippen molar-refractivity contribution < 1.29 is 32.3 Å². The molecule has 0 saturated carbocycles. The third-order valence-corrected chi connectivity index (χ3v) is 9.42. The van der Waals surface area contributed by atoms with Crippen LogP contribution in [0.5, 0.6) is 0 Å². The molecule has 0 saturated heterocycles. The van der Waals surface area contributed by atoms with Crippen LogP contribution in [0.25, 0.3) is 0 Å². The lowest BCUT2D eigenvalue weighted by Crippen LogP contribution is -2.29. The van der Waals surface area contributed by atoms with Crippen molar-refractivity contribution in [3.63, 3.8) is 0 Å². The Labute approximate surface area is 218 Å². The van der Waals surface area contributed by atoms with Gasteiger partial charge in [0.2, 0.25) is 0 Å². The highest BCUT2D eigenvalue weighted by Gasteiger charge is 2.31. The Morgan fingerprint density at radius 3 is 2.65 bits per heavy atom. The van der Waals surface area contributed by atoms with Crippen LogP contribution in [-0.4, -0.2) is 46.5 Å². The molecular weight excluding hydrogens is 516 g/mol. The number of carbonyl (C=O) groups is 3. The van der Waals surface area contributed by atoms with E-state index in [2.05, 4.69) is 5.32 Å². The molecule has 0 atom stereocenters. The Kier molecular flexibility index (Phi) is 6.74. The number of aryl methyl sites for hydroxylation is 1. The molecule has 11 heteroatoms. The number of hydrogen-bond acceptors (Lipinski definition) is 8. The van der Waals surface area contributed by atoms with Crippen LogP contribution in [0, 0.1) is 0 Å². The molecule has 1 aliphatic carbocycles. The smallest absolute Gasteiger partial charge is 0.341 e. The summed E-state index contributed by atoms with van der Waals surface area (Å²) in [4.78, 5) is 38.4. The molecule has 37 heavy (non-hydrogen) atoms. The van der Waals surface area contributed by atoms with Crippen LogP contribution < -0.4 is 9.62 Å². The summed E-state index contributed by atoms with van der Waals surface area (Å²) < 4.78 is 37.9. The van der Waals surface area contributed by atoms with Crippen LogP contribution in [0.15, 0.2) is 53.4 Å². The number of sulfonamides is 1. The molecule has 2 aliphatic rings. The van der Waals surface area contributed by atoms with Crippen LogP contribution in [-0.2, 0) is 43.6 Å². The number of nitrogens with zero attached hydrogens (tertiary/aromatic N) is 1. The predicted octanol–water partition coefficient (Wildman–Crippen LogP) is 3.57. The summed E-state index contributed by atoms with van der Waals surface area (Å²) in [6.07, 6.45) is 3.12. The molecule has 1 aromatic heterocycles. The Morgan fingerprint density at radius 2 is 1.84 bits per heavy atom. The minimum Gasteiger partial charge on any atom is -0.465 e. The monoisotopic (exact) mass is 540 g/mol. The third-order valence-electron chi connectivity index (χ3n) is 6.40. The number of hydrogen-bond donors (Lipinski definition) is 1. The number of carbonyl (C=O) groups excluding carboxylic acids is 3. The fourth-order valence-electron chi connectivity index (χ4n) is 4.66. The summed E-state index contributed by atoms with van der Waals surface area (Å²) in [5, 5.41) is 3.01. The van der Waals surface area contributed by atoms with E-state index in [1.54, 1.807) is 12.1 Å². The van der Waals surface area contributed by atoms with Gasteiger partial charge in [-0.15, -0.1) is 11.3 Å². The van der Waals surface area contributed by atoms with E-state index >= 15 is 0 Å². The Morgan fingerprint density at radius 1 is 1.03 bits per heavy atom. The van der Waals surface area contributed by atoms with E-state index in [9.17, 15) is 22.8 Å². The maximum Gasteiger partial charge on any atom is 0.341 e. The fraction of sp³-hybridized carbons (Fsp3) is 0.269. The maximum atomic E-state index is 13.3. The molecule has 2 aromatic carbocycles. The zero-order valence-corrected chi connectivity index (χ0v) is 21.6. The summed E-state index contributed by atoms with van der Waals surface area (Å²) in [6, 6.07) is 12.8. The highest BCUT2D eigenvalue weighted by Crippen LogP contribution is 2.39. The van der Waals surface area contributed by atoms with Crippen molar-refractivity contribution in [1.82, 2.24) is 0 Å². The quantitative estimate of drug-likeness (QED) is 0.455. The summed E-state index contributed by atoms with van der Waals surface area (Å²) in [5.74, 6) is -1.97. The van der Waals surface area contributed by atoms with Crippen LogP contribution in [0.2, 0.25) is 0 Å². The summed E-state index contributed by atoms with van der Waals surface area (Å²) in [7, 11) is -2.61. The van der Waals surface area contributed by atoms with Crippen molar-refractivity contribution in [3.8, 4) is 0 Å². The molecule has 9 nitrogen and oxygen atoms in total. The molecule has 3 aromatic rings.